The third kappa shape index (κ3) is 4.50. The van der Waals surface area contributed by atoms with E-state index in [-0.39, 0.29) is 11.8 Å². The van der Waals surface area contributed by atoms with Crippen LogP contribution in [0.25, 0.3) is 0 Å². The van der Waals surface area contributed by atoms with E-state index in [1.807, 2.05) is 19.9 Å². The number of allylic oxidation sites excluding steroid dienone is 1. The molecule has 5 heteroatoms. The Morgan fingerprint density at radius 3 is 2.29 bits per heavy atom. The summed E-state index contributed by atoms with van der Waals surface area (Å²) in [7, 11) is 0. The van der Waals surface area contributed by atoms with Gasteiger partial charge in [0.25, 0.3) is 0 Å². The molecule has 1 unspecified atom stereocenters. The summed E-state index contributed by atoms with van der Waals surface area (Å²) in [5.41, 5.74) is 4.64. The van der Waals surface area contributed by atoms with Crippen LogP contribution in [0.3, 0.4) is 0 Å². The van der Waals surface area contributed by atoms with Gasteiger partial charge in [0.15, 0.2) is 0 Å². The lowest BCUT2D eigenvalue weighted by atomic mass is 10.1. The molecule has 1 aromatic rings. The molecular formula is C12H16F2N2O. The van der Waals surface area contributed by atoms with Crippen LogP contribution in [0.1, 0.15) is 25.5 Å². The molecule has 17 heavy (non-hydrogen) atoms. The predicted molar refractivity (Wildman–Crippen MR) is 62.6 cm³/mol. The SMILES string of the molecule is CC(C)=CC(NN)c1ccc(OC(F)F)cc1. The molecule has 0 saturated heterocycles. The van der Waals surface area contributed by atoms with Gasteiger partial charge in [0.1, 0.15) is 5.75 Å². The Morgan fingerprint density at radius 2 is 1.88 bits per heavy atom. The van der Waals surface area contributed by atoms with Gasteiger partial charge in [-0.05, 0) is 31.5 Å². The number of nitrogens with two attached hydrogens (primary N) is 1. The first-order valence-electron chi connectivity index (χ1n) is 5.19. The van der Waals surface area contributed by atoms with E-state index in [1.165, 1.54) is 12.1 Å². The molecule has 94 valence electrons. The monoisotopic (exact) mass is 242 g/mol. The highest BCUT2D eigenvalue weighted by Gasteiger charge is 2.08. The van der Waals surface area contributed by atoms with Crippen LogP contribution in [0.2, 0.25) is 0 Å². The topological polar surface area (TPSA) is 47.3 Å². The van der Waals surface area contributed by atoms with Crippen molar-refractivity contribution in [1.29, 1.82) is 0 Å². The zero-order valence-corrected chi connectivity index (χ0v) is 9.78. The Bertz CT molecular complexity index is 373. The van der Waals surface area contributed by atoms with Gasteiger partial charge in [-0.2, -0.15) is 8.78 Å². The molecule has 0 amide bonds. The first-order chi connectivity index (χ1) is 8.02. The maximum Gasteiger partial charge on any atom is 0.387 e. The van der Waals surface area contributed by atoms with Crippen molar-refractivity contribution in [2.24, 2.45) is 5.84 Å². The van der Waals surface area contributed by atoms with Crippen LogP contribution in [0.15, 0.2) is 35.9 Å². The fourth-order valence-electron chi connectivity index (χ4n) is 1.43. The predicted octanol–water partition coefficient (Wildman–Crippen LogP) is 2.76. The van der Waals surface area contributed by atoms with Gasteiger partial charge in [-0.15, -0.1) is 0 Å². The molecule has 0 fully saturated rings. The Morgan fingerprint density at radius 1 is 1.29 bits per heavy atom. The van der Waals surface area contributed by atoms with Crippen molar-refractivity contribution >= 4 is 0 Å². The quantitative estimate of drug-likeness (QED) is 0.474. The van der Waals surface area contributed by atoms with Gasteiger partial charge in [-0.3, -0.25) is 5.84 Å². The minimum absolute atomic E-state index is 0.136. The number of rotatable bonds is 5. The summed E-state index contributed by atoms with van der Waals surface area (Å²) < 4.78 is 28.2. The van der Waals surface area contributed by atoms with E-state index in [0.29, 0.717) is 0 Å². The van der Waals surface area contributed by atoms with Crippen LogP contribution < -0.4 is 16.0 Å². The van der Waals surface area contributed by atoms with Gasteiger partial charge >= 0.3 is 6.61 Å². The second-order valence-corrected chi connectivity index (χ2v) is 3.84. The van der Waals surface area contributed by atoms with Gasteiger partial charge in [0.2, 0.25) is 0 Å². The molecule has 0 aliphatic heterocycles. The minimum atomic E-state index is -2.80. The number of halogens is 2. The summed E-state index contributed by atoms with van der Waals surface area (Å²) in [6.45, 7) is 1.11. The van der Waals surface area contributed by atoms with Gasteiger partial charge in [-0.1, -0.05) is 23.8 Å². The van der Waals surface area contributed by atoms with Crippen molar-refractivity contribution in [3.8, 4) is 5.75 Å². The average Bonchev–Trinajstić information content (AvgIpc) is 2.26. The number of nitrogens with one attached hydrogen (secondary N) is 1. The maximum atomic E-state index is 12.0. The summed E-state index contributed by atoms with van der Waals surface area (Å²) >= 11 is 0. The van der Waals surface area contributed by atoms with Gasteiger partial charge in [0, 0.05) is 0 Å². The average molecular weight is 242 g/mol. The first-order valence-corrected chi connectivity index (χ1v) is 5.19. The van der Waals surface area contributed by atoms with Gasteiger partial charge < -0.3 is 4.74 Å². The summed E-state index contributed by atoms with van der Waals surface area (Å²) in [6, 6.07) is 6.24. The number of benzene rings is 1. The van der Waals surface area contributed by atoms with E-state index in [1.54, 1.807) is 12.1 Å². The van der Waals surface area contributed by atoms with Crippen LogP contribution in [0, 0.1) is 0 Å². The molecule has 1 aromatic carbocycles. The van der Waals surface area contributed by atoms with Crippen molar-refractivity contribution in [2.45, 2.75) is 26.5 Å². The number of alkyl halides is 2. The lowest BCUT2D eigenvalue weighted by molar-refractivity contribution is -0.0498. The Labute approximate surface area is 99.2 Å². The standard InChI is InChI=1S/C12H16F2N2O/c1-8(2)7-11(16-15)9-3-5-10(6-4-9)17-12(13)14/h3-7,11-12,16H,15H2,1-2H3. The molecule has 0 radical (unpaired) electrons. The van der Waals surface area contributed by atoms with Crippen LogP contribution in [-0.4, -0.2) is 6.61 Å². The molecule has 0 aromatic heterocycles. The molecule has 1 atom stereocenters. The van der Waals surface area contributed by atoms with Crippen molar-refractivity contribution in [3.63, 3.8) is 0 Å². The third-order valence-corrected chi connectivity index (χ3v) is 2.14. The van der Waals surface area contributed by atoms with Gasteiger partial charge in [0.05, 0.1) is 6.04 Å². The van der Waals surface area contributed by atoms with Crippen LogP contribution in [0.4, 0.5) is 8.78 Å². The molecule has 3 N–H and O–H groups in total. The molecule has 0 saturated carbocycles. The third-order valence-electron chi connectivity index (χ3n) is 2.14. The number of ether oxygens (including phenoxy) is 1. The molecule has 0 aliphatic carbocycles. The fourth-order valence-corrected chi connectivity index (χ4v) is 1.43. The highest BCUT2D eigenvalue weighted by molar-refractivity contribution is 5.31. The smallest absolute Gasteiger partial charge is 0.387 e. The minimum Gasteiger partial charge on any atom is -0.435 e. The zero-order valence-electron chi connectivity index (χ0n) is 9.78. The summed E-state index contributed by atoms with van der Waals surface area (Å²) in [6.07, 6.45) is 1.95. The lowest BCUT2D eigenvalue weighted by Crippen LogP contribution is -2.26. The number of hydrogen-bond donors (Lipinski definition) is 2. The zero-order chi connectivity index (χ0) is 12.8. The highest BCUT2D eigenvalue weighted by Crippen LogP contribution is 2.20. The highest BCUT2D eigenvalue weighted by atomic mass is 19.3. The molecule has 1 rings (SSSR count). The Kier molecular flexibility index (Phi) is 5.06. The van der Waals surface area contributed by atoms with E-state index in [2.05, 4.69) is 10.2 Å². The first kappa shape index (κ1) is 13.6. The van der Waals surface area contributed by atoms with Crippen molar-refractivity contribution in [1.82, 2.24) is 5.43 Å². The summed E-state index contributed by atoms with van der Waals surface area (Å²) in [5.74, 6) is 5.56. The van der Waals surface area contributed by atoms with E-state index >= 15 is 0 Å². The van der Waals surface area contributed by atoms with Crippen molar-refractivity contribution < 1.29 is 13.5 Å². The van der Waals surface area contributed by atoms with Crippen molar-refractivity contribution in [2.75, 3.05) is 0 Å². The molecule has 3 nitrogen and oxygen atoms in total. The van der Waals surface area contributed by atoms with Crippen LogP contribution in [-0.2, 0) is 0 Å². The Balaban J connectivity index is 2.81. The number of hydrazine groups is 1. The van der Waals surface area contributed by atoms with E-state index < -0.39 is 6.61 Å². The van der Waals surface area contributed by atoms with Crippen molar-refractivity contribution in [3.05, 3.63) is 41.5 Å². The van der Waals surface area contributed by atoms with Gasteiger partial charge in [-0.25, -0.2) is 5.43 Å². The fraction of sp³-hybridized carbons (Fsp3) is 0.333. The molecule has 0 spiro atoms. The number of hydrogen-bond acceptors (Lipinski definition) is 3. The largest absolute Gasteiger partial charge is 0.435 e. The van der Waals surface area contributed by atoms with E-state index in [9.17, 15) is 8.78 Å². The molecule has 0 heterocycles. The Hall–Kier alpha value is -1.46. The summed E-state index contributed by atoms with van der Waals surface area (Å²) in [4.78, 5) is 0. The maximum absolute atomic E-state index is 12.0. The molecule has 0 bridgehead atoms. The summed E-state index contributed by atoms with van der Waals surface area (Å²) in [5, 5.41) is 0. The lowest BCUT2D eigenvalue weighted by Gasteiger charge is -2.13. The van der Waals surface area contributed by atoms with E-state index in [4.69, 9.17) is 5.84 Å². The van der Waals surface area contributed by atoms with E-state index in [0.717, 1.165) is 11.1 Å². The second kappa shape index (κ2) is 6.32. The van der Waals surface area contributed by atoms with Crippen LogP contribution >= 0.6 is 0 Å². The molecule has 0 aliphatic rings. The molecular weight excluding hydrogens is 226 g/mol. The second-order valence-electron chi connectivity index (χ2n) is 3.84. The normalized spacial score (nSPS) is 12.4. The van der Waals surface area contributed by atoms with Crippen LogP contribution in [0.5, 0.6) is 5.75 Å².